The van der Waals surface area contributed by atoms with Crippen molar-refractivity contribution >= 4 is 28.2 Å². The van der Waals surface area contributed by atoms with Crippen LogP contribution in [0.5, 0.6) is 5.75 Å². The molecular formula is C40H38F2N4O5. The molecule has 0 saturated carbocycles. The number of rotatable bonds is 10. The number of carbonyl (C=O) groups is 1. The van der Waals surface area contributed by atoms with Gasteiger partial charge in [-0.05, 0) is 117 Å². The molecule has 0 amide bonds. The van der Waals surface area contributed by atoms with Crippen molar-refractivity contribution in [3.8, 4) is 39.8 Å². The maximum Gasteiger partial charge on any atom is 0.387 e. The number of nitrogens with zero attached hydrogens (tertiary/aromatic N) is 3. The number of alkyl halides is 2. The molecule has 2 aliphatic heterocycles. The maximum absolute atomic E-state index is 13.4. The van der Waals surface area contributed by atoms with E-state index in [0.717, 1.165) is 82.6 Å². The topological polar surface area (TPSA) is 103 Å². The quantitative estimate of drug-likeness (QED) is 0.142. The Balaban J connectivity index is 1.11. The maximum atomic E-state index is 13.4. The van der Waals surface area contributed by atoms with Crippen molar-refractivity contribution in [2.75, 3.05) is 19.6 Å². The lowest BCUT2D eigenvalue weighted by atomic mass is 9.91. The van der Waals surface area contributed by atoms with Gasteiger partial charge in [0.2, 0.25) is 11.8 Å². The van der Waals surface area contributed by atoms with E-state index in [9.17, 15) is 13.6 Å². The number of esters is 1. The first-order valence-electron chi connectivity index (χ1n) is 17.3. The van der Waals surface area contributed by atoms with Gasteiger partial charge in [-0.15, -0.1) is 0 Å². The normalized spacial score (nSPS) is 16.3. The Morgan fingerprint density at radius 3 is 2.24 bits per heavy atom. The Morgan fingerprint density at radius 2 is 1.59 bits per heavy atom. The molecule has 0 bridgehead atoms. The number of oxazole rings is 2. The highest BCUT2D eigenvalue weighted by Crippen LogP contribution is 2.39. The van der Waals surface area contributed by atoms with Crippen molar-refractivity contribution in [1.82, 2.24) is 20.2 Å². The average Bonchev–Trinajstić information content (AvgIpc) is 3.86. The Bertz CT molecular complexity index is 2270. The molecule has 0 spiro atoms. The summed E-state index contributed by atoms with van der Waals surface area (Å²) in [5.74, 6) is 0.339. The Morgan fingerprint density at radius 1 is 0.902 bits per heavy atom. The fourth-order valence-corrected chi connectivity index (χ4v) is 7.16. The van der Waals surface area contributed by atoms with Crippen LogP contribution in [0, 0.1) is 20.8 Å². The predicted octanol–water partition coefficient (Wildman–Crippen LogP) is 8.50. The van der Waals surface area contributed by atoms with E-state index >= 15 is 0 Å². The van der Waals surface area contributed by atoms with Crippen molar-refractivity contribution in [1.29, 1.82) is 0 Å². The second kappa shape index (κ2) is 13.5. The van der Waals surface area contributed by atoms with Crippen LogP contribution in [-0.2, 0) is 22.7 Å². The molecule has 0 unspecified atom stereocenters. The Kier molecular flexibility index (Phi) is 8.77. The number of benzene rings is 4. The molecule has 11 heteroatoms. The molecule has 262 valence electrons. The van der Waals surface area contributed by atoms with Crippen molar-refractivity contribution < 1.29 is 31.9 Å². The third-order valence-corrected chi connectivity index (χ3v) is 10.0. The second-order valence-corrected chi connectivity index (χ2v) is 13.4. The molecule has 1 N–H and O–H groups in total. The lowest BCUT2D eigenvalue weighted by Crippen LogP contribution is -2.36. The number of carbonyl (C=O) groups excluding carboxylic acids is 1. The minimum atomic E-state index is -3.07. The molecule has 9 nitrogen and oxygen atoms in total. The van der Waals surface area contributed by atoms with Crippen molar-refractivity contribution in [2.24, 2.45) is 0 Å². The van der Waals surface area contributed by atoms with E-state index in [-0.39, 0.29) is 23.5 Å². The van der Waals surface area contributed by atoms with Crippen molar-refractivity contribution in [3.05, 3.63) is 88.5 Å². The van der Waals surface area contributed by atoms with Crippen LogP contribution in [0.2, 0.25) is 0 Å². The van der Waals surface area contributed by atoms with E-state index in [4.69, 9.17) is 28.3 Å². The third-order valence-electron chi connectivity index (χ3n) is 10.0. The van der Waals surface area contributed by atoms with Crippen LogP contribution in [0.4, 0.5) is 8.78 Å². The van der Waals surface area contributed by atoms with E-state index in [1.807, 2.05) is 37.3 Å². The summed E-state index contributed by atoms with van der Waals surface area (Å²) >= 11 is 0. The van der Waals surface area contributed by atoms with Gasteiger partial charge < -0.3 is 23.6 Å². The number of likely N-dealkylation sites (tertiary alicyclic amines) is 1. The average molecular weight is 693 g/mol. The van der Waals surface area contributed by atoms with Gasteiger partial charge in [0.25, 0.3) is 0 Å². The van der Waals surface area contributed by atoms with E-state index in [2.05, 4.69) is 42.3 Å². The summed E-state index contributed by atoms with van der Waals surface area (Å²) in [5, 5.41) is 3.08. The van der Waals surface area contributed by atoms with Gasteiger partial charge in [0.05, 0.1) is 0 Å². The zero-order valence-electron chi connectivity index (χ0n) is 28.7. The summed E-state index contributed by atoms with van der Waals surface area (Å²) in [5.41, 5.74) is 10.5. The minimum Gasteiger partial charge on any atom is -0.460 e. The third kappa shape index (κ3) is 6.47. The lowest BCUT2D eigenvalue weighted by Gasteiger charge is -2.30. The molecule has 4 aromatic carbocycles. The summed E-state index contributed by atoms with van der Waals surface area (Å²) in [7, 11) is 0. The number of hydrogen-bond donors (Lipinski definition) is 1. The largest absolute Gasteiger partial charge is 0.460 e. The van der Waals surface area contributed by atoms with Gasteiger partial charge >= 0.3 is 12.6 Å². The Labute approximate surface area is 293 Å². The first kappa shape index (κ1) is 33.0. The summed E-state index contributed by atoms with van der Waals surface area (Å²) < 4.78 is 49.6. The van der Waals surface area contributed by atoms with Crippen molar-refractivity contribution in [3.63, 3.8) is 0 Å². The number of hydrogen-bond acceptors (Lipinski definition) is 9. The lowest BCUT2D eigenvalue weighted by molar-refractivity contribution is -0.147. The molecule has 2 aromatic heterocycles. The molecule has 51 heavy (non-hydrogen) atoms. The molecule has 6 aromatic rings. The van der Waals surface area contributed by atoms with Crippen LogP contribution >= 0.6 is 0 Å². The number of aromatic nitrogens is 2. The van der Waals surface area contributed by atoms with Crippen LogP contribution in [0.15, 0.2) is 69.5 Å². The van der Waals surface area contributed by atoms with Gasteiger partial charge in [-0.1, -0.05) is 30.3 Å². The smallest absolute Gasteiger partial charge is 0.387 e. The van der Waals surface area contributed by atoms with Crippen LogP contribution in [0.25, 0.3) is 56.2 Å². The standard InChI is InChI=1S/C40H38F2N4O5/c1-22-16-25(20-46-14-7-15-46)17-33-36(22)51-38(45-33)30-11-5-9-28(24(30)3)27-8-4-10-29(23(27)2)37-44-32-18-26(21-48-39(47)31-12-6-13-43-31)34(50-40(41)42)19-35(32)49-37/h4-5,8-11,16-19,31,40,43H,6-7,12-15,20-21H2,1-3H3/t31-/m0/s1. The van der Waals surface area contributed by atoms with E-state index in [1.165, 1.54) is 18.1 Å². The van der Waals surface area contributed by atoms with Crippen molar-refractivity contribution in [2.45, 2.75) is 65.8 Å². The molecule has 2 saturated heterocycles. The van der Waals surface area contributed by atoms with Gasteiger partial charge in [0, 0.05) is 29.3 Å². The Hall–Kier alpha value is -5.13. The molecular weight excluding hydrogens is 654 g/mol. The van der Waals surface area contributed by atoms with E-state index < -0.39 is 18.6 Å². The highest BCUT2D eigenvalue weighted by molar-refractivity contribution is 5.86. The van der Waals surface area contributed by atoms with Gasteiger partial charge in [-0.2, -0.15) is 8.78 Å². The van der Waals surface area contributed by atoms with Gasteiger partial charge in [-0.3, -0.25) is 9.69 Å². The number of nitrogens with one attached hydrogen (secondary N) is 1. The van der Waals surface area contributed by atoms with Gasteiger partial charge in [0.1, 0.15) is 29.4 Å². The summed E-state index contributed by atoms with van der Waals surface area (Å²) in [6, 6.07) is 18.9. The zero-order chi connectivity index (χ0) is 35.2. The van der Waals surface area contributed by atoms with Crippen LogP contribution < -0.4 is 10.1 Å². The number of fused-ring (bicyclic) bond motifs is 2. The highest BCUT2D eigenvalue weighted by Gasteiger charge is 2.25. The first-order chi connectivity index (χ1) is 24.7. The zero-order valence-corrected chi connectivity index (χ0v) is 28.7. The van der Waals surface area contributed by atoms with E-state index in [0.29, 0.717) is 23.7 Å². The van der Waals surface area contributed by atoms with Crippen LogP contribution in [0.3, 0.4) is 0 Å². The summed E-state index contributed by atoms with van der Waals surface area (Å²) in [4.78, 5) is 24.6. The predicted molar refractivity (Wildman–Crippen MR) is 189 cm³/mol. The molecule has 4 heterocycles. The molecule has 0 aliphatic carbocycles. The molecule has 2 aliphatic rings. The first-order valence-corrected chi connectivity index (χ1v) is 17.3. The van der Waals surface area contributed by atoms with Crippen LogP contribution in [-0.4, -0.2) is 53.1 Å². The van der Waals surface area contributed by atoms with Gasteiger partial charge in [0.15, 0.2) is 11.2 Å². The van der Waals surface area contributed by atoms with Crippen LogP contribution in [0.1, 0.15) is 47.1 Å². The molecule has 1 atom stereocenters. The molecule has 8 rings (SSSR count). The second-order valence-electron chi connectivity index (χ2n) is 13.4. The van der Waals surface area contributed by atoms with Gasteiger partial charge in [-0.25, -0.2) is 9.97 Å². The number of ether oxygens (including phenoxy) is 2. The molecule has 0 radical (unpaired) electrons. The summed E-state index contributed by atoms with van der Waals surface area (Å²) in [6.07, 6.45) is 2.79. The monoisotopic (exact) mass is 692 g/mol. The number of aryl methyl sites for hydroxylation is 1. The minimum absolute atomic E-state index is 0.132. The van der Waals surface area contributed by atoms with E-state index in [1.54, 1.807) is 6.07 Å². The highest BCUT2D eigenvalue weighted by atomic mass is 19.3. The molecule has 2 fully saturated rings. The number of halogens is 2. The SMILES string of the molecule is Cc1c(-c2nc3cc(COC(=O)[C@@H]4CCCN4)c(OC(F)F)cc3o2)cccc1-c1cccc(-c2nc3cc(CN4CCC4)cc(C)c3o2)c1C. The summed E-state index contributed by atoms with van der Waals surface area (Å²) in [6.45, 7) is 6.75. The fourth-order valence-electron chi connectivity index (χ4n) is 7.16. The fraction of sp³-hybridized carbons (Fsp3) is 0.325.